The number of carbonyl (C=O) groups is 1. The summed E-state index contributed by atoms with van der Waals surface area (Å²) in [6.45, 7) is 5.54. The van der Waals surface area contributed by atoms with Crippen LogP contribution in [0.25, 0.3) is 0 Å². The number of esters is 1. The lowest BCUT2D eigenvalue weighted by atomic mass is 9.84. The van der Waals surface area contributed by atoms with E-state index in [1.54, 1.807) is 0 Å². The molecule has 31 heavy (non-hydrogen) atoms. The van der Waals surface area contributed by atoms with Crippen LogP contribution >= 0.6 is 0 Å². The van der Waals surface area contributed by atoms with Crippen LogP contribution < -0.4 is 4.74 Å². The van der Waals surface area contributed by atoms with Gasteiger partial charge in [-0.1, -0.05) is 44.9 Å². The molecule has 2 heterocycles. The molecule has 1 aromatic heterocycles. The molecule has 1 unspecified atom stereocenters. The highest BCUT2D eigenvalue weighted by Crippen LogP contribution is 2.32. The van der Waals surface area contributed by atoms with Gasteiger partial charge in [-0.2, -0.15) is 0 Å². The van der Waals surface area contributed by atoms with Crippen molar-refractivity contribution in [2.24, 2.45) is 16.8 Å². The lowest BCUT2D eigenvalue weighted by molar-refractivity contribution is -0.299. The molecule has 9 heteroatoms. The van der Waals surface area contributed by atoms with Crippen LogP contribution in [0.3, 0.4) is 0 Å². The Labute approximate surface area is 183 Å². The topological polar surface area (TPSA) is 107 Å². The highest BCUT2D eigenvalue weighted by molar-refractivity contribution is 5.95. The van der Waals surface area contributed by atoms with Crippen molar-refractivity contribution in [3.63, 3.8) is 0 Å². The molecule has 0 amide bonds. The second-order valence-electron chi connectivity index (χ2n) is 9.44. The van der Waals surface area contributed by atoms with Crippen LogP contribution in [0.1, 0.15) is 84.3 Å². The molecule has 0 saturated heterocycles. The van der Waals surface area contributed by atoms with E-state index in [0.717, 1.165) is 25.2 Å². The monoisotopic (exact) mass is 437 g/mol. The molecular weight excluding hydrogens is 402 g/mol. The second-order valence-corrected chi connectivity index (χ2v) is 9.44. The number of hydrogen-bond acceptors (Lipinski definition) is 9. The summed E-state index contributed by atoms with van der Waals surface area (Å²) < 4.78 is 15.7. The molecule has 1 saturated carbocycles. The molecule has 1 aliphatic heterocycles. The van der Waals surface area contributed by atoms with Crippen LogP contribution in [0.15, 0.2) is 15.6 Å². The molecule has 0 aromatic carbocycles. The fourth-order valence-electron chi connectivity index (χ4n) is 4.24. The number of nitrogens with zero attached hydrogens (tertiary/aromatic N) is 3. The van der Waals surface area contributed by atoms with Gasteiger partial charge in [-0.3, -0.25) is 10.0 Å². The maximum atomic E-state index is 12.5. The molecule has 1 aromatic rings. The Morgan fingerprint density at radius 2 is 2.06 bits per heavy atom. The van der Waals surface area contributed by atoms with Crippen LogP contribution in [-0.2, 0) is 14.4 Å². The van der Waals surface area contributed by atoms with E-state index < -0.39 is 11.8 Å². The number of amidine groups is 1. The Morgan fingerprint density at radius 3 is 2.71 bits per heavy atom. The fourth-order valence-corrected chi connectivity index (χ4v) is 4.24. The first-order valence-electron chi connectivity index (χ1n) is 11.2. The first-order valence-corrected chi connectivity index (χ1v) is 11.2. The lowest BCUT2D eigenvalue weighted by Gasteiger charge is -2.25. The molecular formula is C22H35N3O6. The van der Waals surface area contributed by atoms with E-state index in [1.807, 2.05) is 20.8 Å². The number of ether oxygens (including phenoxy) is 2. The molecule has 2 aliphatic rings. The zero-order valence-electron chi connectivity index (χ0n) is 19.0. The van der Waals surface area contributed by atoms with Crippen molar-refractivity contribution in [1.29, 1.82) is 0 Å². The molecule has 9 nitrogen and oxygen atoms in total. The van der Waals surface area contributed by atoms with Crippen LogP contribution in [0.5, 0.6) is 5.88 Å². The van der Waals surface area contributed by atoms with E-state index in [-0.39, 0.29) is 35.8 Å². The van der Waals surface area contributed by atoms with Crippen molar-refractivity contribution in [3.05, 3.63) is 11.8 Å². The summed E-state index contributed by atoms with van der Waals surface area (Å²) in [5.41, 5.74) is -0.561. The maximum Gasteiger partial charge on any atom is 0.306 e. The Morgan fingerprint density at radius 1 is 1.32 bits per heavy atom. The first-order chi connectivity index (χ1) is 14.7. The summed E-state index contributed by atoms with van der Waals surface area (Å²) in [5, 5.41) is 14.5. The largest absolute Gasteiger partial charge is 0.479 e. The van der Waals surface area contributed by atoms with Crippen molar-refractivity contribution >= 4 is 11.8 Å². The number of methoxy groups -OCH3 is 1. The summed E-state index contributed by atoms with van der Waals surface area (Å²) in [6.07, 6.45) is 8.85. The van der Waals surface area contributed by atoms with Gasteiger partial charge in [-0.15, -0.1) is 5.23 Å². The molecule has 1 N–H and O–H groups in total. The van der Waals surface area contributed by atoms with Crippen molar-refractivity contribution in [3.8, 4) is 5.88 Å². The lowest BCUT2D eigenvalue weighted by Crippen LogP contribution is -2.30. The van der Waals surface area contributed by atoms with E-state index in [1.165, 1.54) is 45.3 Å². The van der Waals surface area contributed by atoms with Crippen molar-refractivity contribution in [2.45, 2.75) is 90.4 Å². The van der Waals surface area contributed by atoms with Gasteiger partial charge in [0.25, 0.3) is 5.88 Å². The van der Waals surface area contributed by atoms with E-state index in [0.29, 0.717) is 5.23 Å². The molecule has 3 rings (SSSR count). The standard InChI is InChI=1S/C22H35N3O6/c1-22(2,3)29-19(26)13-16(12-8-11-15-9-6-5-7-10-15)21-23-20(25(27)31-21)17-14-18(28-4)24-30-17/h14-16,21,27H,5-13H2,1-4H3/t16-,21?/m1/s1. The fraction of sp³-hybridized carbons (Fsp3) is 0.773. The molecule has 0 spiro atoms. The van der Waals surface area contributed by atoms with Gasteiger partial charge in [0.05, 0.1) is 19.6 Å². The predicted octanol–water partition coefficient (Wildman–Crippen LogP) is 4.49. The molecule has 0 radical (unpaired) electrons. The highest BCUT2D eigenvalue weighted by Gasteiger charge is 2.36. The van der Waals surface area contributed by atoms with Crippen LogP contribution in [0.4, 0.5) is 0 Å². The normalized spacial score (nSPS) is 21.1. The minimum atomic E-state index is -0.713. The summed E-state index contributed by atoms with van der Waals surface area (Å²) in [5.74, 6) is 0.828. The van der Waals surface area contributed by atoms with Gasteiger partial charge >= 0.3 is 5.97 Å². The van der Waals surface area contributed by atoms with Gasteiger partial charge in [-0.25, -0.2) is 9.83 Å². The minimum absolute atomic E-state index is 0.0993. The third-order valence-electron chi connectivity index (χ3n) is 5.72. The van der Waals surface area contributed by atoms with Crippen LogP contribution in [0.2, 0.25) is 0 Å². The SMILES string of the molecule is COc1cc(C2=NC([C@H](CCCC3CCCCC3)CC(=O)OC(C)(C)C)ON2O)on1. The summed E-state index contributed by atoms with van der Waals surface area (Å²) in [4.78, 5) is 22.5. The van der Waals surface area contributed by atoms with E-state index in [9.17, 15) is 10.0 Å². The number of aromatic nitrogens is 1. The Hall–Kier alpha value is -2.13. The number of aliphatic imine (C=N–C) groups is 1. The highest BCUT2D eigenvalue weighted by atomic mass is 16.9. The molecule has 2 atom stereocenters. The Kier molecular flexibility index (Phi) is 7.94. The number of carbonyl (C=O) groups excluding carboxylic acids is 1. The molecule has 1 fully saturated rings. The zero-order valence-corrected chi connectivity index (χ0v) is 19.0. The summed E-state index contributed by atoms with van der Waals surface area (Å²) >= 11 is 0. The molecule has 0 bridgehead atoms. The van der Waals surface area contributed by atoms with Gasteiger partial charge in [0.1, 0.15) is 5.60 Å². The summed E-state index contributed by atoms with van der Waals surface area (Å²) in [7, 11) is 1.47. The molecule has 174 valence electrons. The quantitative estimate of drug-likeness (QED) is 0.563. The van der Waals surface area contributed by atoms with Crippen molar-refractivity contribution < 1.29 is 28.8 Å². The average molecular weight is 438 g/mol. The predicted molar refractivity (Wildman–Crippen MR) is 112 cm³/mol. The van der Waals surface area contributed by atoms with Crippen LogP contribution in [0, 0.1) is 11.8 Å². The third kappa shape index (κ3) is 6.93. The first kappa shape index (κ1) is 23.5. The second kappa shape index (κ2) is 10.5. The van der Waals surface area contributed by atoms with Crippen molar-refractivity contribution in [1.82, 2.24) is 10.4 Å². The maximum absolute atomic E-state index is 12.5. The summed E-state index contributed by atoms with van der Waals surface area (Å²) in [6, 6.07) is 1.51. The Bertz CT molecular complexity index is 751. The van der Waals surface area contributed by atoms with Gasteiger partial charge in [-0.05, 0) is 38.3 Å². The van der Waals surface area contributed by atoms with E-state index in [2.05, 4.69) is 10.1 Å². The van der Waals surface area contributed by atoms with Gasteiger partial charge in [0.2, 0.25) is 11.6 Å². The average Bonchev–Trinajstić information content (AvgIpc) is 3.33. The van der Waals surface area contributed by atoms with Gasteiger partial charge < -0.3 is 14.0 Å². The number of hydroxylamine groups is 2. The van der Waals surface area contributed by atoms with E-state index in [4.69, 9.17) is 18.8 Å². The third-order valence-corrected chi connectivity index (χ3v) is 5.72. The van der Waals surface area contributed by atoms with Crippen LogP contribution in [-0.4, -0.2) is 46.3 Å². The minimum Gasteiger partial charge on any atom is -0.479 e. The number of hydrogen-bond donors (Lipinski definition) is 1. The van der Waals surface area contributed by atoms with E-state index >= 15 is 0 Å². The Balaban J connectivity index is 1.67. The smallest absolute Gasteiger partial charge is 0.306 e. The zero-order chi connectivity index (χ0) is 22.4. The van der Waals surface area contributed by atoms with Gasteiger partial charge in [0, 0.05) is 5.92 Å². The molecule has 1 aliphatic carbocycles. The van der Waals surface area contributed by atoms with Crippen molar-refractivity contribution in [2.75, 3.05) is 7.11 Å². The number of rotatable bonds is 9. The van der Waals surface area contributed by atoms with Gasteiger partial charge in [0.15, 0.2) is 6.23 Å².